The van der Waals surface area contributed by atoms with Gasteiger partial charge in [-0.15, -0.1) is 0 Å². The van der Waals surface area contributed by atoms with Gasteiger partial charge in [0, 0.05) is 6.54 Å². The highest BCUT2D eigenvalue weighted by Gasteiger charge is 2.28. The highest BCUT2D eigenvalue weighted by Crippen LogP contribution is 2.32. The van der Waals surface area contributed by atoms with Gasteiger partial charge >= 0.3 is 0 Å². The first-order valence-electron chi connectivity index (χ1n) is 9.76. The molecule has 1 aromatic carbocycles. The van der Waals surface area contributed by atoms with Crippen molar-refractivity contribution in [1.29, 1.82) is 0 Å². The van der Waals surface area contributed by atoms with E-state index >= 15 is 0 Å². The van der Waals surface area contributed by atoms with Gasteiger partial charge in [-0.25, -0.2) is 0 Å². The molecule has 0 radical (unpaired) electrons. The Morgan fingerprint density at radius 1 is 0.917 bits per heavy atom. The molecule has 0 atom stereocenters. The van der Waals surface area contributed by atoms with Crippen molar-refractivity contribution in [3.05, 3.63) is 29.8 Å². The van der Waals surface area contributed by atoms with Gasteiger partial charge in [0.2, 0.25) is 0 Å². The molecule has 3 nitrogen and oxygen atoms in total. The lowest BCUT2D eigenvalue weighted by Crippen LogP contribution is -2.39. The molecule has 3 heteroatoms. The highest BCUT2D eigenvalue weighted by atomic mass is 16.5. The van der Waals surface area contributed by atoms with Crippen LogP contribution >= 0.6 is 0 Å². The van der Waals surface area contributed by atoms with Gasteiger partial charge in [0.05, 0.1) is 6.10 Å². The molecule has 2 fully saturated rings. The Morgan fingerprint density at radius 3 is 2.00 bits per heavy atom. The Bertz CT molecular complexity index is 483. The number of hydrogen-bond donors (Lipinski definition) is 0. The Morgan fingerprint density at radius 2 is 1.46 bits per heavy atom. The number of likely N-dealkylation sites (tertiary alicyclic amines) is 2. The number of piperidine rings is 2. The quantitative estimate of drug-likeness (QED) is 0.811. The average Bonchev–Trinajstić information content (AvgIpc) is 2.58. The second-order valence-electron chi connectivity index (χ2n) is 8.06. The first kappa shape index (κ1) is 17.8. The lowest BCUT2D eigenvalue weighted by atomic mass is 9.79. The van der Waals surface area contributed by atoms with Gasteiger partial charge in [-0.05, 0) is 102 Å². The molecule has 2 aliphatic rings. The first-order chi connectivity index (χ1) is 11.6. The first-order valence-corrected chi connectivity index (χ1v) is 9.76. The fourth-order valence-electron chi connectivity index (χ4n) is 4.29. The molecule has 134 valence electrons. The molecule has 1 aromatic rings. The molecular formula is C21H34N2O. The lowest BCUT2D eigenvalue weighted by Gasteiger charge is -2.39. The molecule has 24 heavy (non-hydrogen) atoms. The second kappa shape index (κ2) is 8.35. The van der Waals surface area contributed by atoms with Crippen LogP contribution in [0.1, 0.15) is 45.1 Å². The van der Waals surface area contributed by atoms with E-state index in [1.165, 1.54) is 57.4 Å². The summed E-state index contributed by atoms with van der Waals surface area (Å²) in [5, 5.41) is 0. The van der Waals surface area contributed by atoms with E-state index in [1.54, 1.807) is 0 Å². The highest BCUT2D eigenvalue weighted by molar-refractivity contribution is 5.27. The van der Waals surface area contributed by atoms with Gasteiger partial charge in [0.1, 0.15) is 5.75 Å². The summed E-state index contributed by atoms with van der Waals surface area (Å²) < 4.78 is 5.73. The van der Waals surface area contributed by atoms with Gasteiger partial charge in [-0.2, -0.15) is 0 Å². The standard InChI is InChI=1S/C21H34N2O/c1-17(2)24-21-6-4-18(5-7-21)16-23-14-10-20(11-15-23)19-8-12-22(3)13-9-19/h4-7,17,19-20H,8-16H2,1-3H3. The third-order valence-corrected chi connectivity index (χ3v) is 5.76. The number of nitrogens with zero attached hydrogens (tertiary/aromatic N) is 2. The maximum Gasteiger partial charge on any atom is 0.119 e. The van der Waals surface area contributed by atoms with Crippen LogP contribution in [0.3, 0.4) is 0 Å². The molecule has 0 aromatic heterocycles. The monoisotopic (exact) mass is 330 g/mol. The van der Waals surface area contributed by atoms with Gasteiger partial charge in [-0.3, -0.25) is 4.90 Å². The molecule has 2 heterocycles. The zero-order valence-corrected chi connectivity index (χ0v) is 15.7. The van der Waals surface area contributed by atoms with Crippen LogP contribution in [0.4, 0.5) is 0 Å². The second-order valence-corrected chi connectivity index (χ2v) is 8.06. The van der Waals surface area contributed by atoms with Crippen molar-refractivity contribution in [2.24, 2.45) is 11.8 Å². The summed E-state index contributed by atoms with van der Waals surface area (Å²) in [6.45, 7) is 10.4. The van der Waals surface area contributed by atoms with E-state index in [4.69, 9.17) is 4.74 Å². The number of ether oxygens (including phenoxy) is 1. The molecule has 0 unspecified atom stereocenters. The van der Waals surface area contributed by atoms with Crippen LogP contribution in [-0.2, 0) is 6.54 Å². The zero-order chi connectivity index (χ0) is 16.9. The van der Waals surface area contributed by atoms with Crippen LogP contribution in [0, 0.1) is 11.8 Å². The fourth-order valence-corrected chi connectivity index (χ4v) is 4.29. The zero-order valence-electron chi connectivity index (χ0n) is 15.7. The molecule has 0 spiro atoms. The number of hydrogen-bond acceptors (Lipinski definition) is 3. The van der Waals surface area contributed by atoms with E-state index < -0.39 is 0 Å². The van der Waals surface area contributed by atoms with E-state index in [2.05, 4.69) is 55.0 Å². The van der Waals surface area contributed by atoms with Crippen LogP contribution in [0.25, 0.3) is 0 Å². The molecule has 2 saturated heterocycles. The topological polar surface area (TPSA) is 15.7 Å². The predicted octanol–water partition coefficient (Wildman–Crippen LogP) is 4.03. The minimum absolute atomic E-state index is 0.245. The summed E-state index contributed by atoms with van der Waals surface area (Å²) >= 11 is 0. The third-order valence-electron chi connectivity index (χ3n) is 5.76. The lowest BCUT2D eigenvalue weighted by molar-refractivity contribution is 0.102. The SMILES string of the molecule is CC(C)Oc1ccc(CN2CCC(C3CCN(C)CC3)CC2)cc1. The van der Waals surface area contributed by atoms with Crippen LogP contribution < -0.4 is 4.74 Å². The Hall–Kier alpha value is -1.06. The minimum atomic E-state index is 0.245. The summed E-state index contributed by atoms with van der Waals surface area (Å²) in [6.07, 6.45) is 5.86. The summed E-state index contributed by atoms with van der Waals surface area (Å²) in [5.41, 5.74) is 1.41. The minimum Gasteiger partial charge on any atom is -0.491 e. The molecule has 0 N–H and O–H groups in total. The summed E-state index contributed by atoms with van der Waals surface area (Å²) in [6, 6.07) is 8.67. The molecule has 0 saturated carbocycles. The normalized spacial score (nSPS) is 22.2. The average molecular weight is 331 g/mol. The molecule has 0 bridgehead atoms. The fraction of sp³-hybridized carbons (Fsp3) is 0.714. The smallest absolute Gasteiger partial charge is 0.119 e. The maximum absolute atomic E-state index is 5.73. The van der Waals surface area contributed by atoms with Crippen LogP contribution in [0.5, 0.6) is 5.75 Å². The van der Waals surface area contributed by atoms with E-state index in [0.29, 0.717) is 0 Å². The Labute approximate surface area is 148 Å². The molecular weight excluding hydrogens is 296 g/mol. The number of rotatable bonds is 5. The van der Waals surface area contributed by atoms with Crippen molar-refractivity contribution in [3.8, 4) is 5.75 Å². The van der Waals surface area contributed by atoms with Crippen molar-refractivity contribution in [3.63, 3.8) is 0 Å². The third kappa shape index (κ3) is 4.97. The van der Waals surface area contributed by atoms with Crippen LogP contribution in [-0.4, -0.2) is 49.1 Å². The summed E-state index contributed by atoms with van der Waals surface area (Å²) in [4.78, 5) is 5.11. The van der Waals surface area contributed by atoms with Gasteiger partial charge in [0.15, 0.2) is 0 Å². The Balaban J connectivity index is 1.43. The van der Waals surface area contributed by atoms with Crippen molar-refractivity contribution >= 4 is 0 Å². The maximum atomic E-state index is 5.73. The molecule has 0 amide bonds. The number of benzene rings is 1. The summed E-state index contributed by atoms with van der Waals surface area (Å²) in [5.74, 6) is 2.93. The van der Waals surface area contributed by atoms with Gasteiger partial charge < -0.3 is 9.64 Å². The van der Waals surface area contributed by atoms with Crippen molar-refractivity contribution in [2.75, 3.05) is 33.2 Å². The van der Waals surface area contributed by atoms with Gasteiger partial charge in [-0.1, -0.05) is 12.1 Å². The van der Waals surface area contributed by atoms with E-state index in [9.17, 15) is 0 Å². The Kier molecular flexibility index (Phi) is 6.18. The van der Waals surface area contributed by atoms with E-state index in [0.717, 1.165) is 24.1 Å². The van der Waals surface area contributed by atoms with Crippen LogP contribution in [0.15, 0.2) is 24.3 Å². The summed E-state index contributed by atoms with van der Waals surface area (Å²) in [7, 11) is 2.26. The molecule has 3 rings (SSSR count). The molecule has 2 aliphatic heterocycles. The largest absolute Gasteiger partial charge is 0.491 e. The van der Waals surface area contributed by atoms with E-state index in [-0.39, 0.29) is 6.10 Å². The van der Waals surface area contributed by atoms with Crippen molar-refractivity contribution in [2.45, 2.75) is 52.2 Å². The van der Waals surface area contributed by atoms with Crippen LogP contribution in [0.2, 0.25) is 0 Å². The van der Waals surface area contributed by atoms with Crippen molar-refractivity contribution < 1.29 is 4.74 Å². The van der Waals surface area contributed by atoms with Gasteiger partial charge in [0.25, 0.3) is 0 Å². The van der Waals surface area contributed by atoms with E-state index in [1.807, 2.05) is 0 Å². The molecule has 0 aliphatic carbocycles. The van der Waals surface area contributed by atoms with Crippen molar-refractivity contribution in [1.82, 2.24) is 9.80 Å². The predicted molar refractivity (Wildman–Crippen MR) is 100 cm³/mol.